The van der Waals surface area contributed by atoms with Crippen molar-refractivity contribution in [1.29, 1.82) is 0 Å². The molecule has 0 aromatic carbocycles. The van der Waals surface area contributed by atoms with Crippen LogP contribution in [0.4, 0.5) is 0 Å². The summed E-state index contributed by atoms with van der Waals surface area (Å²) in [7, 11) is 0. The molecule has 3 nitrogen and oxygen atoms in total. The van der Waals surface area contributed by atoms with Crippen LogP contribution in [0, 0.1) is 5.92 Å². The van der Waals surface area contributed by atoms with Crippen LogP contribution in [-0.2, 0) is 9.59 Å². The van der Waals surface area contributed by atoms with Crippen LogP contribution in [0.1, 0.15) is 38.5 Å². The first kappa shape index (κ1) is 9.23. The molecule has 1 fully saturated rings. The monoisotopic (exact) mass is 170 g/mol. The van der Waals surface area contributed by atoms with E-state index < -0.39 is 11.8 Å². The molecular weight excluding hydrogens is 156 g/mol. The van der Waals surface area contributed by atoms with Gasteiger partial charge in [0.05, 0.1) is 0 Å². The molecule has 0 atom stereocenters. The molecule has 0 unspecified atom stereocenters. The number of hydrogen-bond acceptors (Lipinski definition) is 2. The molecule has 1 aliphatic carbocycles. The van der Waals surface area contributed by atoms with E-state index in [0.29, 0.717) is 0 Å². The Bertz CT molecular complexity index is 178. The van der Waals surface area contributed by atoms with Crippen LogP contribution in [0.3, 0.4) is 0 Å². The number of carboxylic acid groups (broad SMARTS) is 1. The molecule has 0 aromatic heterocycles. The molecule has 0 aromatic rings. The summed E-state index contributed by atoms with van der Waals surface area (Å²) in [6.45, 7) is 0. The van der Waals surface area contributed by atoms with Crippen LogP contribution in [0.2, 0.25) is 0 Å². The third kappa shape index (κ3) is 2.32. The van der Waals surface area contributed by atoms with Gasteiger partial charge < -0.3 is 5.11 Å². The molecule has 0 spiro atoms. The van der Waals surface area contributed by atoms with Crippen LogP contribution in [-0.4, -0.2) is 16.9 Å². The highest BCUT2D eigenvalue weighted by Crippen LogP contribution is 2.23. The number of carbonyl (C=O) groups excluding carboxylic acids is 1. The van der Waals surface area contributed by atoms with Crippen molar-refractivity contribution in [1.82, 2.24) is 0 Å². The third-order valence-electron chi connectivity index (χ3n) is 2.44. The van der Waals surface area contributed by atoms with Gasteiger partial charge in [0.15, 0.2) is 0 Å². The molecule has 3 heteroatoms. The maximum Gasteiger partial charge on any atom is 0.372 e. The van der Waals surface area contributed by atoms with Gasteiger partial charge in [0.1, 0.15) is 0 Å². The van der Waals surface area contributed by atoms with Crippen LogP contribution in [0.15, 0.2) is 0 Å². The summed E-state index contributed by atoms with van der Waals surface area (Å²) < 4.78 is 0. The Kier molecular flexibility index (Phi) is 3.26. The SMILES string of the molecule is O=C(O)C(=O)C1CCCCCC1. The second-order valence-electron chi connectivity index (χ2n) is 3.36. The van der Waals surface area contributed by atoms with Gasteiger partial charge in [-0.05, 0) is 12.8 Å². The molecule has 1 N–H and O–H groups in total. The summed E-state index contributed by atoms with van der Waals surface area (Å²) in [5.41, 5.74) is 0. The van der Waals surface area contributed by atoms with Crippen LogP contribution in [0.5, 0.6) is 0 Å². The van der Waals surface area contributed by atoms with E-state index in [-0.39, 0.29) is 5.92 Å². The highest BCUT2D eigenvalue weighted by atomic mass is 16.4. The van der Waals surface area contributed by atoms with Gasteiger partial charge >= 0.3 is 5.97 Å². The Morgan fingerprint density at radius 1 is 1.00 bits per heavy atom. The topological polar surface area (TPSA) is 54.4 Å². The minimum atomic E-state index is -1.26. The van der Waals surface area contributed by atoms with Gasteiger partial charge in [-0.2, -0.15) is 0 Å². The van der Waals surface area contributed by atoms with Crippen molar-refractivity contribution in [2.24, 2.45) is 5.92 Å². The number of aliphatic carboxylic acids is 1. The predicted octanol–water partition coefficient (Wildman–Crippen LogP) is 1.61. The number of carboxylic acids is 1. The molecule has 1 rings (SSSR count). The second kappa shape index (κ2) is 4.24. The van der Waals surface area contributed by atoms with E-state index in [1.165, 1.54) is 0 Å². The van der Waals surface area contributed by atoms with Crippen molar-refractivity contribution < 1.29 is 14.7 Å². The zero-order valence-corrected chi connectivity index (χ0v) is 7.08. The van der Waals surface area contributed by atoms with Crippen LogP contribution >= 0.6 is 0 Å². The summed E-state index contributed by atoms with van der Waals surface area (Å²) in [5, 5.41) is 8.48. The largest absolute Gasteiger partial charge is 0.475 e. The van der Waals surface area contributed by atoms with E-state index in [2.05, 4.69) is 0 Å². The summed E-state index contributed by atoms with van der Waals surface area (Å²) in [4.78, 5) is 21.4. The van der Waals surface area contributed by atoms with Crippen LogP contribution < -0.4 is 0 Å². The van der Waals surface area contributed by atoms with Crippen molar-refractivity contribution >= 4 is 11.8 Å². The Balaban J connectivity index is 2.48. The van der Waals surface area contributed by atoms with E-state index in [1.807, 2.05) is 0 Å². The first-order valence-electron chi connectivity index (χ1n) is 4.49. The molecule has 0 aliphatic heterocycles. The Labute approximate surface area is 71.8 Å². The van der Waals surface area contributed by atoms with Gasteiger partial charge in [0.25, 0.3) is 0 Å². The molecule has 0 radical (unpaired) electrons. The van der Waals surface area contributed by atoms with Crippen molar-refractivity contribution in [3.8, 4) is 0 Å². The molecule has 12 heavy (non-hydrogen) atoms. The summed E-state index contributed by atoms with van der Waals surface area (Å²) in [6.07, 6.45) is 5.83. The van der Waals surface area contributed by atoms with Gasteiger partial charge in [0.2, 0.25) is 5.78 Å². The smallest absolute Gasteiger partial charge is 0.372 e. The standard InChI is InChI=1S/C9H14O3/c10-8(9(11)12)7-5-3-1-2-4-6-7/h7H,1-6H2,(H,11,12). The summed E-state index contributed by atoms with van der Waals surface area (Å²) in [5.74, 6) is -2.05. The van der Waals surface area contributed by atoms with Crippen molar-refractivity contribution in [3.63, 3.8) is 0 Å². The number of Topliss-reactive ketones (excluding diaryl/α,β-unsaturated/α-hetero) is 1. The fourth-order valence-corrected chi connectivity index (χ4v) is 1.72. The van der Waals surface area contributed by atoms with E-state index in [0.717, 1.165) is 38.5 Å². The number of carbonyl (C=O) groups is 2. The number of hydrogen-bond donors (Lipinski definition) is 1. The zero-order valence-electron chi connectivity index (χ0n) is 7.08. The number of rotatable bonds is 2. The lowest BCUT2D eigenvalue weighted by molar-refractivity contribution is -0.151. The molecule has 0 heterocycles. The van der Waals surface area contributed by atoms with E-state index in [9.17, 15) is 9.59 Å². The van der Waals surface area contributed by atoms with Crippen molar-refractivity contribution in [2.75, 3.05) is 0 Å². The average molecular weight is 170 g/mol. The molecule has 1 aliphatic rings. The van der Waals surface area contributed by atoms with Gasteiger partial charge in [-0.15, -0.1) is 0 Å². The van der Waals surface area contributed by atoms with Crippen LogP contribution in [0.25, 0.3) is 0 Å². The first-order chi connectivity index (χ1) is 5.72. The highest BCUT2D eigenvalue weighted by Gasteiger charge is 2.24. The maximum absolute atomic E-state index is 11.1. The van der Waals surface area contributed by atoms with Gasteiger partial charge in [-0.25, -0.2) is 4.79 Å². The Hall–Kier alpha value is -0.860. The second-order valence-corrected chi connectivity index (χ2v) is 3.36. The summed E-state index contributed by atoms with van der Waals surface area (Å²) in [6, 6.07) is 0. The molecule has 68 valence electrons. The predicted molar refractivity (Wildman–Crippen MR) is 43.8 cm³/mol. The molecule has 0 bridgehead atoms. The van der Waals surface area contributed by atoms with E-state index >= 15 is 0 Å². The molecule has 0 amide bonds. The third-order valence-corrected chi connectivity index (χ3v) is 2.44. The lowest BCUT2D eigenvalue weighted by Gasteiger charge is -2.07. The van der Waals surface area contributed by atoms with E-state index in [4.69, 9.17) is 5.11 Å². The fourth-order valence-electron chi connectivity index (χ4n) is 1.72. The maximum atomic E-state index is 11.1. The minimum absolute atomic E-state index is 0.204. The normalized spacial score (nSPS) is 20.0. The zero-order chi connectivity index (χ0) is 8.97. The Morgan fingerprint density at radius 2 is 1.50 bits per heavy atom. The lowest BCUT2D eigenvalue weighted by Crippen LogP contribution is -2.22. The van der Waals surface area contributed by atoms with Crippen molar-refractivity contribution in [2.45, 2.75) is 38.5 Å². The molecular formula is C9H14O3. The minimum Gasteiger partial charge on any atom is -0.475 e. The Morgan fingerprint density at radius 3 is 1.92 bits per heavy atom. The van der Waals surface area contributed by atoms with Gasteiger partial charge in [-0.3, -0.25) is 4.79 Å². The average Bonchev–Trinajstić information content (AvgIpc) is 2.30. The molecule has 0 saturated heterocycles. The van der Waals surface area contributed by atoms with Gasteiger partial charge in [-0.1, -0.05) is 25.7 Å². The fraction of sp³-hybridized carbons (Fsp3) is 0.778. The van der Waals surface area contributed by atoms with Crippen molar-refractivity contribution in [3.05, 3.63) is 0 Å². The van der Waals surface area contributed by atoms with Gasteiger partial charge in [0, 0.05) is 5.92 Å². The van der Waals surface area contributed by atoms with E-state index in [1.54, 1.807) is 0 Å². The lowest BCUT2D eigenvalue weighted by atomic mass is 9.96. The molecule has 1 saturated carbocycles. The highest BCUT2D eigenvalue weighted by molar-refractivity contribution is 6.33. The number of ketones is 1. The summed E-state index contributed by atoms with van der Waals surface area (Å²) >= 11 is 0. The first-order valence-corrected chi connectivity index (χ1v) is 4.49. The quantitative estimate of drug-likeness (QED) is 0.506.